The van der Waals surface area contributed by atoms with E-state index < -0.39 is 30.6 Å². The van der Waals surface area contributed by atoms with Crippen molar-refractivity contribution >= 4 is 0 Å². The highest BCUT2D eigenvalue weighted by atomic mass is 16.3. The number of nitrogens with two attached hydrogens (primary N) is 1. The molecule has 0 radical (unpaired) electrons. The van der Waals surface area contributed by atoms with Gasteiger partial charge in [0.25, 0.3) is 0 Å². The lowest BCUT2D eigenvalue weighted by Crippen LogP contribution is -2.71. The van der Waals surface area contributed by atoms with Gasteiger partial charge in [0.05, 0.1) is 12.7 Å². The van der Waals surface area contributed by atoms with Gasteiger partial charge in [-0.15, -0.1) is 0 Å². The number of likely N-dealkylation sites (N-methyl/N-ethyl adjacent to an activating group) is 1. The second-order valence-corrected chi connectivity index (χ2v) is 3.67. The summed E-state index contributed by atoms with van der Waals surface area (Å²) in [6.07, 6.45) is -3.77. The molecule has 0 heterocycles. The third-order valence-corrected chi connectivity index (χ3v) is 2.41. The Kier molecular flexibility index (Phi) is 4.93. The highest BCUT2D eigenvalue weighted by Gasteiger charge is 2.44. The molecule has 0 fully saturated rings. The molecule has 6 N–H and O–H groups in total. The minimum absolute atomic E-state index is 0.585. The van der Waals surface area contributed by atoms with Crippen molar-refractivity contribution in [3.8, 4) is 0 Å². The molecule has 0 aromatic rings. The van der Waals surface area contributed by atoms with Gasteiger partial charge in [-0.2, -0.15) is 0 Å². The van der Waals surface area contributed by atoms with Gasteiger partial charge in [-0.1, -0.05) is 0 Å². The predicted octanol–water partition coefficient (Wildman–Crippen LogP) is -2.70. The zero-order valence-electron chi connectivity index (χ0n) is 8.75. The van der Waals surface area contributed by atoms with Crippen LogP contribution >= 0.6 is 0 Å². The summed E-state index contributed by atoms with van der Waals surface area (Å²) in [6.45, 7) is 0.776. The molecule has 0 aliphatic rings. The van der Waals surface area contributed by atoms with Gasteiger partial charge >= 0.3 is 0 Å². The molecule has 6 nitrogen and oxygen atoms in total. The molecule has 4 unspecified atom stereocenters. The van der Waals surface area contributed by atoms with Crippen molar-refractivity contribution in [1.29, 1.82) is 0 Å². The van der Waals surface area contributed by atoms with Crippen LogP contribution in [-0.4, -0.2) is 70.0 Å². The van der Waals surface area contributed by atoms with E-state index in [9.17, 15) is 15.3 Å². The van der Waals surface area contributed by atoms with Gasteiger partial charge < -0.3 is 26.2 Å². The topological polar surface area (TPSA) is 110 Å². The van der Waals surface area contributed by atoms with Crippen LogP contribution in [0, 0.1) is 0 Å². The summed E-state index contributed by atoms with van der Waals surface area (Å²) in [5.74, 6) is 0. The Hall–Kier alpha value is -0.240. The monoisotopic (exact) mass is 208 g/mol. The number of rotatable bonds is 5. The second kappa shape index (κ2) is 5.01. The molecule has 0 bridgehead atoms. The molecule has 86 valence electrons. The average Bonchev–Trinajstić information content (AvgIpc) is 2.13. The van der Waals surface area contributed by atoms with Crippen molar-refractivity contribution < 1.29 is 20.4 Å². The smallest absolute Gasteiger partial charge is 0.126 e. The van der Waals surface area contributed by atoms with Crippen molar-refractivity contribution in [1.82, 2.24) is 4.90 Å². The SMILES string of the molecule is CC(O)C(O)C(N)(C(O)CO)N(C)C. The van der Waals surface area contributed by atoms with Gasteiger partial charge in [0.1, 0.15) is 17.9 Å². The van der Waals surface area contributed by atoms with E-state index in [4.69, 9.17) is 10.8 Å². The van der Waals surface area contributed by atoms with Crippen LogP contribution in [0.3, 0.4) is 0 Å². The Balaban J connectivity index is 4.89. The minimum atomic E-state index is -1.57. The van der Waals surface area contributed by atoms with Crippen LogP contribution in [0.15, 0.2) is 0 Å². The first kappa shape index (κ1) is 13.8. The van der Waals surface area contributed by atoms with Crippen LogP contribution < -0.4 is 5.73 Å². The number of hydrogen-bond donors (Lipinski definition) is 5. The summed E-state index contributed by atoms with van der Waals surface area (Å²) in [4.78, 5) is 1.37. The fourth-order valence-corrected chi connectivity index (χ4v) is 1.29. The van der Waals surface area contributed by atoms with Crippen LogP contribution in [-0.2, 0) is 0 Å². The van der Waals surface area contributed by atoms with Gasteiger partial charge in [0, 0.05) is 0 Å². The lowest BCUT2D eigenvalue weighted by Gasteiger charge is -2.43. The van der Waals surface area contributed by atoms with Gasteiger partial charge in [-0.3, -0.25) is 4.90 Å². The molecular formula is C8H20N2O4. The maximum atomic E-state index is 9.63. The lowest BCUT2D eigenvalue weighted by atomic mass is 9.92. The van der Waals surface area contributed by atoms with Crippen molar-refractivity contribution in [2.75, 3.05) is 20.7 Å². The van der Waals surface area contributed by atoms with E-state index >= 15 is 0 Å². The van der Waals surface area contributed by atoms with Crippen molar-refractivity contribution in [2.45, 2.75) is 30.9 Å². The third kappa shape index (κ3) is 2.41. The summed E-state index contributed by atoms with van der Waals surface area (Å²) in [5, 5.41) is 37.1. The van der Waals surface area contributed by atoms with E-state index in [1.165, 1.54) is 11.8 Å². The molecular weight excluding hydrogens is 188 g/mol. The number of nitrogens with zero attached hydrogens (tertiary/aromatic N) is 1. The highest BCUT2D eigenvalue weighted by Crippen LogP contribution is 2.18. The van der Waals surface area contributed by atoms with E-state index in [1.54, 1.807) is 14.1 Å². The summed E-state index contributed by atoms with van der Waals surface area (Å²) < 4.78 is 0. The lowest BCUT2D eigenvalue weighted by molar-refractivity contribution is -0.133. The minimum Gasteiger partial charge on any atom is -0.394 e. The summed E-state index contributed by atoms with van der Waals surface area (Å²) in [6, 6.07) is 0. The molecule has 4 atom stereocenters. The zero-order chi connectivity index (χ0) is 11.5. The molecule has 0 saturated carbocycles. The Morgan fingerprint density at radius 2 is 1.71 bits per heavy atom. The maximum Gasteiger partial charge on any atom is 0.126 e. The van der Waals surface area contributed by atoms with E-state index in [0.717, 1.165) is 0 Å². The first-order valence-electron chi connectivity index (χ1n) is 4.39. The van der Waals surface area contributed by atoms with Crippen molar-refractivity contribution in [3.05, 3.63) is 0 Å². The molecule has 0 aliphatic heterocycles. The summed E-state index contributed by atoms with van der Waals surface area (Å²) in [5.41, 5.74) is 4.18. The van der Waals surface area contributed by atoms with Crippen molar-refractivity contribution in [3.63, 3.8) is 0 Å². The largest absolute Gasteiger partial charge is 0.394 e. The van der Waals surface area contributed by atoms with Crippen LogP contribution in [0.25, 0.3) is 0 Å². The van der Waals surface area contributed by atoms with Gasteiger partial charge in [0.15, 0.2) is 0 Å². The Morgan fingerprint density at radius 1 is 1.29 bits per heavy atom. The highest BCUT2D eigenvalue weighted by molar-refractivity contribution is 4.97. The Bertz CT molecular complexity index is 177. The summed E-state index contributed by atoms with van der Waals surface area (Å²) in [7, 11) is 3.09. The first-order valence-corrected chi connectivity index (χ1v) is 4.39. The van der Waals surface area contributed by atoms with Crippen LogP contribution in [0.4, 0.5) is 0 Å². The molecule has 6 heteroatoms. The van der Waals surface area contributed by atoms with E-state index in [1.807, 2.05) is 0 Å². The molecule has 0 spiro atoms. The fourth-order valence-electron chi connectivity index (χ4n) is 1.29. The van der Waals surface area contributed by atoms with E-state index in [2.05, 4.69) is 0 Å². The zero-order valence-corrected chi connectivity index (χ0v) is 8.75. The van der Waals surface area contributed by atoms with Crippen LogP contribution in [0.1, 0.15) is 6.92 Å². The van der Waals surface area contributed by atoms with E-state index in [-0.39, 0.29) is 0 Å². The standard InChI is InChI=1S/C8H20N2O4/c1-5(12)7(14)8(9,10(2)3)6(13)4-11/h5-7,11-14H,4,9H2,1-3H3. The Labute approximate surface area is 83.6 Å². The molecule has 0 aliphatic carbocycles. The molecule has 0 saturated heterocycles. The van der Waals surface area contributed by atoms with Crippen LogP contribution in [0.2, 0.25) is 0 Å². The molecule has 0 amide bonds. The van der Waals surface area contributed by atoms with Gasteiger partial charge in [-0.05, 0) is 21.0 Å². The first-order chi connectivity index (χ1) is 6.28. The number of aliphatic hydroxyl groups is 4. The maximum absolute atomic E-state index is 9.63. The van der Waals surface area contributed by atoms with Gasteiger partial charge in [0.2, 0.25) is 0 Å². The Morgan fingerprint density at radius 3 is 1.93 bits per heavy atom. The molecule has 14 heavy (non-hydrogen) atoms. The molecule has 0 rings (SSSR count). The summed E-state index contributed by atoms with van der Waals surface area (Å²) >= 11 is 0. The molecule has 0 aromatic heterocycles. The van der Waals surface area contributed by atoms with E-state index in [0.29, 0.717) is 0 Å². The van der Waals surface area contributed by atoms with Crippen LogP contribution in [0.5, 0.6) is 0 Å². The predicted molar refractivity (Wildman–Crippen MR) is 51.4 cm³/mol. The molecule has 0 aromatic carbocycles. The number of hydrogen-bond acceptors (Lipinski definition) is 6. The average molecular weight is 208 g/mol. The van der Waals surface area contributed by atoms with Crippen molar-refractivity contribution in [2.24, 2.45) is 5.73 Å². The van der Waals surface area contributed by atoms with Gasteiger partial charge in [-0.25, -0.2) is 0 Å². The quantitative estimate of drug-likeness (QED) is 0.314. The third-order valence-electron chi connectivity index (χ3n) is 2.41. The fraction of sp³-hybridized carbons (Fsp3) is 1.00. The normalized spacial score (nSPS) is 22.9. The second-order valence-electron chi connectivity index (χ2n) is 3.67. The number of aliphatic hydroxyl groups excluding tert-OH is 4.